The first-order valence-electron chi connectivity index (χ1n) is 14.3. The van der Waals surface area contributed by atoms with E-state index in [1.165, 1.54) is 30.4 Å². The number of amides is 2. The molecule has 202 valence electrons. The maximum Gasteiger partial charge on any atom is 0.251 e. The standard InChI is InChI=1S/C33H37N3O3/c1-23(37)36-18-15-29(16-19-36)35-32(38)25-6-9-26(10-7-25)33(21-24-5-8-28(33)20-24)27-11-13-31(14-12-27)39-22-30-4-2-3-17-34-30/h2-4,6-7,9-14,17,24,28-29H,5,8,15-16,18-22H2,1H3,(H,35,38). The molecule has 2 bridgehead atoms. The third kappa shape index (κ3) is 5.17. The number of benzene rings is 2. The minimum Gasteiger partial charge on any atom is -0.487 e. The van der Waals surface area contributed by atoms with Gasteiger partial charge in [0, 0.05) is 43.2 Å². The second-order valence-corrected chi connectivity index (χ2v) is 11.5. The highest BCUT2D eigenvalue weighted by atomic mass is 16.5. The van der Waals surface area contributed by atoms with Crippen LogP contribution in [0.25, 0.3) is 0 Å². The highest BCUT2D eigenvalue weighted by molar-refractivity contribution is 5.94. The lowest BCUT2D eigenvalue weighted by Crippen LogP contribution is -2.46. The van der Waals surface area contributed by atoms with E-state index in [-0.39, 0.29) is 23.3 Å². The molecule has 3 fully saturated rings. The molecular weight excluding hydrogens is 486 g/mol. The van der Waals surface area contributed by atoms with Crippen molar-refractivity contribution in [3.63, 3.8) is 0 Å². The van der Waals surface area contributed by atoms with Crippen molar-refractivity contribution in [2.75, 3.05) is 13.1 Å². The van der Waals surface area contributed by atoms with Crippen molar-refractivity contribution in [2.45, 2.75) is 63.5 Å². The van der Waals surface area contributed by atoms with Gasteiger partial charge >= 0.3 is 0 Å². The van der Waals surface area contributed by atoms with E-state index < -0.39 is 0 Å². The van der Waals surface area contributed by atoms with Crippen LogP contribution in [0, 0.1) is 11.8 Å². The van der Waals surface area contributed by atoms with Gasteiger partial charge in [0.05, 0.1) is 5.69 Å². The van der Waals surface area contributed by atoms with Crippen LogP contribution in [0.2, 0.25) is 0 Å². The van der Waals surface area contributed by atoms with Crippen LogP contribution in [0.4, 0.5) is 0 Å². The summed E-state index contributed by atoms with van der Waals surface area (Å²) in [6, 6.07) is 23.0. The number of hydrogen-bond acceptors (Lipinski definition) is 4. The molecule has 0 spiro atoms. The number of rotatable bonds is 7. The second kappa shape index (κ2) is 10.8. The lowest BCUT2D eigenvalue weighted by molar-refractivity contribution is -0.129. The van der Waals surface area contributed by atoms with E-state index in [2.05, 4.69) is 46.7 Å². The Balaban J connectivity index is 1.17. The summed E-state index contributed by atoms with van der Waals surface area (Å²) < 4.78 is 6.01. The van der Waals surface area contributed by atoms with E-state index >= 15 is 0 Å². The summed E-state index contributed by atoms with van der Waals surface area (Å²) in [4.78, 5) is 30.8. The molecule has 3 atom stereocenters. The molecule has 6 nitrogen and oxygen atoms in total. The number of nitrogens with one attached hydrogen (secondary N) is 1. The van der Waals surface area contributed by atoms with Gasteiger partial charge in [-0.3, -0.25) is 14.6 Å². The quantitative estimate of drug-likeness (QED) is 0.444. The van der Waals surface area contributed by atoms with E-state index in [0.717, 1.165) is 36.6 Å². The van der Waals surface area contributed by atoms with Crippen LogP contribution in [-0.2, 0) is 16.8 Å². The Labute approximate surface area is 230 Å². The molecule has 6 rings (SSSR count). The molecule has 2 saturated carbocycles. The van der Waals surface area contributed by atoms with Gasteiger partial charge in [-0.15, -0.1) is 0 Å². The Morgan fingerprint density at radius 1 is 0.949 bits per heavy atom. The van der Waals surface area contributed by atoms with E-state index in [0.29, 0.717) is 31.2 Å². The number of aromatic nitrogens is 1. The second-order valence-electron chi connectivity index (χ2n) is 11.5. The molecule has 39 heavy (non-hydrogen) atoms. The number of pyridine rings is 1. The van der Waals surface area contributed by atoms with Gasteiger partial charge in [0.2, 0.25) is 5.91 Å². The minimum absolute atomic E-state index is 0.0169. The fraction of sp³-hybridized carbons (Fsp3) is 0.424. The van der Waals surface area contributed by atoms with Gasteiger partial charge in [-0.1, -0.05) is 36.8 Å². The largest absolute Gasteiger partial charge is 0.487 e. The molecule has 1 N–H and O–H groups in total. The van der Waals surface area contributed by atoms with Gasteiger partial charge in [0.25, 0.3) is 5.91 Å². The zero-order valence-corrected chi connectivity index (χ0v) is 22.6. The number of carbonyl (C=O) groups excluding carboxylic acids is 2. The summed E-state index contributed by atoms with van der Waals surface area (Å²) in [5.41, 5.74) is 4.25. The van der Waals surface area contributed by atoms with Crippen molar-refractivity contribution >= 4 is 11.8 Å². The number of carbonyl (C=O) groups is 2. The summed E-state index contributed by atoms with van der Waals surface area (Å²) in [5, 5.41) is 3.19. The fourth-order valence-electron chi connectivity index (χ4n) is 7.22. The summed E-state index contributed by atoms with van der Waals surface area (Å²) in [6.45, 7) is 3.47. The molecule has 2 amide bonds. The van der Waals surface area contributed by atoms with Gasteiger partial charge in [-0.25, -0.2) is 0 Å². The van der Waals surface area contributed by atoms with Crippen LogP contribution in [0.3, 0.4) is 0 Å². The normalized spacial score (nSPS) is 24.5. The van der Waals surface area contributed by atoms with Crippen molar-refractivity contribution in [3.05, 3.63) is 95.3 Å². The fourth-order valence-corrected chi connectivity index (χ4v) is 7.22. The molecule has 6 heteroatoms. The minimum atomic E-state index is -0.0285. The summed E-state index contributed by atoms with van der Waals surface area (Å²) in [5.74, 6) is 2.31. The van der Waals surface area contributed by atoms with E-state index in [1.807, 2.05) is 35.2 Å². The Bertz CT molecular complexity index is 1300. The third-order valence-electron chi connectivity index (χ3n) is 9.27. The smallest absolute Gasteiger partial charge is 0.251 e. The third-order valence-corrected chi connectivity index (χ3v) is 9.27. The van der Waals surface area contributed by atoms with Crippen molar-refractivity contribution in [3.8, 4) is 5.75 Å². The van der Waals surface area contributed by atoms with Gasteiger partial charge in [0.1, 0.15) is 12.4 Å². The molecule has 2 aromatic carbocycles. The van der Waals surface area contributed by atoms with Crippen LogP contribution in [0.5, 0.6) is 5.75 Å². The first-order valence-corrected chi connectivity index (χ1v) is 14.3. The first-order chi connectivity index (χ1) is 19.0. The average molecular weight is 524 g/mol. The van der Waals surface area contributed by atoms with Crippen molar-refractivity contribution in [1.29, 1.82) is 0 Å². The number of ether oxygens (including phenoxy) is 1. The Kier molecular flexibility index (Phi) is 7.11. The van der Waals surface area contributed by atoms with Crippen molar-refractivity contribution in [1.82, 2.24) is 15.2 Å². The van der Waals surface area contributed by atoms with Gasteiger partial charge < -0.3 is 15.0 Å². The molecule has 3 unspecified atom stereocenters. The lowest BCUT2D eigenvalue weighted by Gasteiger charge is -2.39. The van der Waals surface area contributed by atoms with E-state index in [4.69, 9.17) is 4.74 Å². The predicted octanol–water partition coefficient (Wildman–Crippen LogP) is 5.51. The number of likely N-dealkylation sites (tertiary alicyclic amines) is 1. The summed E-state index contributed by atoms with van der Waals surface area (Å²) >= 11 is 0. The molecular formula is C33H37N3O3. The number of fused-ring (bicyclic) bond motifs is 2. The lowest BCUT2D eigenvalue weighted by atomic mass is 9.64. The van der Waals surface area contributed by atoms with Crippen molar-refractivity contribution < 1.29 is 14.3 Å². The zero-order chi connectivity index (χ0) is 26.8. The molecule has 1 aliphatic heterocycles. The van der Waals surface area contributed by atoms with Gasteiger partial charge in [0.15, 0.2) is 0 Å². The highest BCUT2D eigenvalue weighted by Crippen LogP contribution is 2.60. The SMILES string of the molecule is CC(=O)N1CCC(NC(=O)c2ccc(C3(c4ccc(OCc5ccccn5)cc4)CC4CCC3C4)cc2)CC1. The summed E-state index contributed by atoms with van der Waals surface area (Å²) in [7, 11) is 0. The number of nitrogens with zero attached hydrogens (tertiary/aromatic N) is 2. The van der Waals surface area contributed by atoms with Crippen LogP contribution in [-0.4, -0.2) is 40.8 Å². The van der Waals surface area contributed by atoms with Crippen LogP contribution < -0.4 is 10.1 Å². The predicted molar refractivity (Wildman–Crippen MR) is 150 cm³/mol. The first kappa shape index (κ1) is 25.6. The monoisotopic (exact) mass is 523 g/mol. The van der Waals surface area contributed by atoms with Gasteiger partial charge in [-0.05, 0) is 91.5 Å². The maximum atomic E-state index is 13.0. The van der Waals surface area contributed by atoms with Gasteiger partial charge in [-0.2, -0.15) is 0 Å². The molecule has 1 aromatic heterocycles. The molecule has 3 aliphatic rings. The number of hydrogen-bond donors (Lipinski definition) is 1. The molecule has 1 saturated heterocycles. The maximum absolute atomic E-state index is 13.0. The topological polar surface area (TPSA) is 71.5 Å². The van der Waals surface area contributed by atoms with Crippen LogP contribution in [0.15, 0.2) is 72.9 Å². The molecule has 3 aromatic rings. The number of piperidine rings is 1. The molecule has 0 radical (unpaired) electrons. The average Bonchev–Trinajstić information content (AvgIpc) is 3.60. The molecule has 2 aliphatic carbocycles. The van der Waals surface area contributed by atoms with E-state index in [9.17, 15) is 9.59 Å². The Morgan fingerprint density at radius 3 is 2.26 bits per heavy atom. The van der Waals surface area contributed by atoms with Crippen LogP contribution >= 0.6 is 0 Å². The van der Waals surface area contributed by atoms with Crippen LogP contribution in [0.1, 0.15) is 72.6 Å². The molecule has 2 heterocycles. The zero-order valence-electron chi connectivity index (χ0n) is 22.6. The highest BCUT2D eigenvalue weighted by Gasteiger charge is 2.52. The Hall–Kier alpha value is -3.67. The van der Waals surface area contributed by atoms with Crippen molar-refractivity contribution in [2.24, 2.45) is 11.8 Å². The Morgan fingerprint density at radius 2 is 1.67 bits per heavy atom. The van der Waals surface area contributed by atoms with E-state index in [1.54, 1.807) is 13.1 Å². The summed E-state index contributed by atoms with van der Waals surface area (Å²) in [6.07, 6.45) is 8.40.